The van der Waals surface area contributed by atoms with Gasteiger partial charge in [0.15, 0.2) is 0 Å². The van der Waals surface area contributed by atoms with E-state index >= 15 is 0 Å². The Bertz CT molecular complexity index is 467. The van der Waals surface area contributed by atoms with Crippen LogP contribution in [0.3, 0.4) is 0 Å². The molecule has 1 aliphatic carbocycles. The van der Waals surface area contributed by atoms with Crippen molar-refractivity contribution in [1.29, 1.82) is 0 Å². The molecule has 1 aliphatic rings. The Morgan fingerprint density at radius 1 is 1.42 bits per heavy atom. The second kappa shape index (κ2) is 6.96. The Morgan fingerprint density at radius 2 is 2.21 bits per heavy atom. The number of benzene rings is 1. The van der Waals surface area contributed by atoms with Gasteiger partial charge in [0.25, 0.3) is 5.91 Å². The van der Waals surface area contributed by atoms with Crippen LogP contribution in [0.2, 0.25) is 5.02 Å². The highest BCUT2D eigenvalue weighted by atomic mass is 79.9. The monoisotopic (exact) mass is 363 g/mol. The van der Waals surface area contributed by atoms with Gasteiger partial charge in [-0.15, -0.1) is 11.6 Å². The van der Waals surface area contributed by atoms with Gasteiger partial charge in [-0.1, -0.05) is 18.0 Å². The smallest absolute Gasteiger partial charge is 0.251 e. The molecule has 1 fully saturated rings. The maximum atomic E-state index is 12.0. The van der Waals surface area contributed by atoms with E-state index < -0.39 is 0 Å². The molecule has 0 aliphatic heterocycles. The number of carbonyl (C=O) groups excluding carboxylic acids is 1. The molecular formula is C14H16BrCl2NO. The standard InChI is InChI=1S/C14H16BrCl2NO/c15-12-7-10(4-5-13(12)17)14(19)18-8-9-2-1-3-11(16)6-9/h4-5,7,9,11H,1-3,6,8H2,(H,18,19). The first-order valence-electron chi connectivity index (χ1n) is 6.43. The van der Waals surface area contributed by atoms with E-state index in [4.69, 9.17) is 23.2 Å². The first-order chi connectivity index (χ1) is 9.06. The summed E-state index contributed by atoms with van der Waals surface area (Å²) in [5.74, 6) is 0.435. The molecule has 0 heterocycles. The molecule has 2 atom stereocenters. The van der Waals surface area contributed by atoms with Crippen molar-refractivity contribution in [2.75, 3.05) is 6.54 Å². The molecule has 2 nitrogen and oxygen atoms in total. The quantitative estimate of drug-likeness (QED) is 0.778. The number of halogens is 3. The van der Waals surface area contributed by atoms with Crippen molar-refractivity contribution in [2.24, 2.45) is 5.92 Å². The summed E-state index contributed by atoms with van der Waals surface area (Å²) >= 11 is 15.4. The Morgan fingerprint density at radius 3 is 2.89 bits per heavy atom. The number of alkyl halides is 1. The minimum atomic E-state index is -0.0611. The Hall–Kier alpha value is -0.250. The highest BCUT2D eigenvalue weighted by molar-refractivity contribution is 9.10. The van der Waals surface area contributed by atoms with Crippen LogP contribution in [0.15, 0.2) is 22.7 Å². The highest BCUT2D eigenvalue weighted by Gasteiger charge is 2.20. The molecule has 1 saturated carbocycles. The highest BCUT2D eigenvalue weighted by Crippen LogP contribution is 2.27. The van der Waals surface area contributed by atoms with E-state index in [0.29, 0.717) is 23.0 Å². The Balaban J connectivity index is 1.88. The van der Waals surface area contributed by atoms with Crippen LogP contribution in [-0.4, -0.2) is 17.8 Å². The molecular weight excluding hydrogens is 349 g/mol. The number of carbonyl (C=O) groups is 1. The van der Waals surface area contributed by atoms with E-state index in [1.807, 2.05) is 0 Å². The lowest BCUT2D eigenvalue weighted by Gasteiger charge is -2.25. The topological polar surface area (TPSA) is 29.1 Å². The van der Waals surface area contributed by atoms with E-state index in [-0.39, 0.29) is 11.3 Å². The van der Waals surface area contributed by atoms with Crippen LogP contribution in [0, 0.1) is 5.92 Å². The van der Waals surface area contributed by atoms with Crippen LogP contribution in [-0.2, 0) is 0 Å². The normalized spacial score (nSPS) is 23.1. The van der Waals surface area contributed by atoms with Gasteiger partial charge in [0.2, 0.25) is 0 Å². The van der Waals surface area contributed by atoms with Gasteiger partial charge in [-0.05, 0) is 59.3 Å². The maximum absolute atomic E-state index is 12.0. The predicted molar refractivity (Wildman–Crippen MR) is 83.1 cm³/mol. The summed E-state index contributed by atoms with van der Waals surface area (Å²) in [4.78, 5) is 12.0. The molecule has 2 unspecified atom stereocenters. The van der Waals surface area contributed by atoms with Crippen LogP contribution < -0.4 is 5.32 Å². The van der Waals surface area contributed by atoms with Crippen LogP contribution in [0.1, 0.15) is 36.0 Å². The molecule has 0 aromatic heterocycles. The minimum Gasteiger partial charge on any atom is -0.352 e. The summed E-state index contributed by atoms with van der Waals surface area (Å²) < 4.78 is 0.736. The van der Waals surface area contributed by atoms with Crippen LogP contribution in [0.4, 0.5) is 0 Å². The molecule has 0 radical (unpaired) electrons. The minimum absolute atomic E-state index is 0.0611. The Labute approximate surface area is 132 Å². The van der Waals surface area contributed by atoms with Crippen molar-refractivity contribution in [3.8, 4) is 0 Å². The summed E-state index contributed by atoms with van der Waals surface area (Å²) in [7, 11) is 0. The summed E-state index contributed by atoms with van der Waals surface area (Å²) in [6.07, 6.45) is 4.39. The second-order valence-electron chi connectivity index (χ2n) is 4.97. The number of rotatable bonds is 3. The van der Waals surface area contributed by atoms with Crippen molar-refractivity contribution in [2.45, 2.75) is 31.1 Å². The van der Waals surface area contributed by atoms with Crippen LogP contribution in [0.5, 0.6) is 0 Å². The number of nitrogens with one attached hydrogen (secondary N) is 1. The zero-order chi connectivity index (χ0) is 13.8. The number of hydrogen-bond donors (Lipinski definition) is 1. The third kappa shape index (κ3) is 4.37. The summed E-state index contributed by atoms with van der Waals surface area (Å²) in [5.41, 5.74) is 0.620. The zero-order valence-corrected chi connectivity index (χ0v) is 13.6. The first kappa shape index (κ1) is 15.1. The molecule has 5 heteroatoms. The van der Waals surface area contributed by atoms with Crippen LogP contribution >= 0.6 is 39.1 Å². The molecule has 0 saturated heterocycles. The van der Waals surface area contributed by atoms with Gasteiger partial charge in [0.1, 0.15) is 0 Å². The van der Waals surface area contributed by atoms with E-state index in [2.05, 4.69) is 21.2 Å². The van der Waals surface area contributed by atoms with Gasteiger partial charge in [0, 0.05) is 22.0 Å². The van der Waals surface area contributed by atoms with E-state index in [1.54, 1.807) is 18.2 Å². The first-order valence-corrected chi connectivity index (χ1v) is 8.04. The fraction of sp³-hybridized carbons (Fsp3) is 0.500. The van der Waals surface area contributed by atoms with Gasteiger partial charge in [0.05, 0.1) is 5.02 Å². The lowest BCUT2D eigenvalue weighted by atomic mass is 9.89. The van der Waals surface area contributed by atoms with Gasteiger partial charge in [-0.2, -0.15) is 0 Å². The van der Waals surface area contributed by atoms with Gasteiger partial charge >= 0.3 is 0 Å². The molecule has 1 N–H and O–H groups in total. The second-order valence-corrected chi connectivity index (χ2v) is 6.85. The van der Waals surface area contributed by atoms with Crippen molar-refractivity contribution < 1.29 is 4.79 Å². The molecule has 1 aromatic carbocycles. The summed E-state index contributed by atoms with van der Waals surface area (Å²) in [6, 6.07) is 5.19. The third-order valence-electron chi connectivity index (χ3n) is 3.45. The molecule has 1 amide bonds. The van der Waals surface area contributed by atoms with Gasteiger partial charge in [-0.3, -0.25) is 4.79 Å². The molecule has 2 rings (SSSR count). The average Bonchev–Trinajstić information content (AvgIpc) is 2.39. The van der Waals surface area contributed by atoms with Crippen molar-refractivity contribution in [1.82, 2.24) is 5.32 Å². The summed E-state index contributed by atoms with van der Waals surface area (Å²) in [6.45, 7) is 0.697. The number of amides is 1. The van der Waals surface area contributed by atoms with E-state index in [1.165, 1.54) is 0 Å². The van der Waals surface area contributed by atoms with Crippen molar-refractivity contribution in [3.63, 3.8) is 0 Å². The molecule has 104 valence electrons. The lowest BCUT2D eigenvalue weighted by Crippen LogP contribution is -2.32. The van der Waals surface area contributed by atoms with Crippen LogP contribution in [0.25, 0.3) is 0 Å². The molecule has 0 spiro atoms. The molecule has 0 bridgehead atoms. The zero-order valence-electron chi connectivity index (χ0n) is 10.5. The van der Waals surface area contributed by atoms with Crippen molar-refractivity contribution in [3.05, 3.63) is 33.3 Å². The van der Waals surface area contributed by atoms with E-state index in [0.717, 1.165) is 30.2 Å². The predicted octanol–water partition coefficient (Wildman–Crippen LogP) is 4.63. The van der Waals surface area contributed by atoms with Crippen molar-refractivity contribution >= 4 is 45.0 Å². The third-order valence-corrected chi connectivity index (χ3v) is 5.06. The SMILES string of the molecule is O=C(NCC1CCCC(Cl)C1)c1ccc(Cl)c(Br)c1. The maximum Gasteiger partial charge on any atom is 0.251 e. The summed E-state index contributed by atoms with van der Waals surface area (Å²) in [5, 5.41) is 3.84. The number of hydrogen-bond acceptors (Lipinski definition) is 1. The molecule has 1 aromatic rings. The Kier molecular flexibility index (Phi) is 5.55. The van der Waals surface area contributed by atoms with Gasteiger partial charge in [-0.25, -0.2) is 0 Å². The average molecular weight is 365 g/mol. The molecule has 19 heavy (non-hydrogen) atoms. The fourth-order valence-electron chi connectivity index (χ4n) is 2.39. The van der Waals surface area contributed by atoms with Gasteiger partial charge < -0.3 is 5.32 Å². The van der Waals surface area contributed by atoms with E-state index in [9.17, 15) is 4.79 Å². The largest absolute Gasteiger partial charge is 0.352 e. The lowest BCUT2D eigenvalue weighted by molar-refractivity contribution is 0.0943. The fourth-order valence-corrected chi connectivity index (χ4v) is 3.29.